The van der Waals surface area contributed by atoms with Crippen molar-refractivity contribution in [3.05, 3.63) is 47.5 Å². The second-order valence-electron chi connectivity index (χ2n) is 4.11. The van der Waals surface area contributed by atoms with Crippen LogP contribution in [0.3, 0.4) is 0 Å². The fourth-order valence-electron chi connectivity index (χ4n) is 2.05. The van der Waals surface area contributed by atoms with Crippen molar-refractivity contribution in [1.82, 2.24) is 15.0 Å². The van der Waals surface area contributed by atoms with E-state index in [-0.39, 0.29) is 0 Å². The Morgan fingerprint density at radius 2 is 1.95 bits per heavy atom. The molecule has 0 amide bonds. The van der Waals surface area contributed by atoms with Crippen LogP contribution < -0.4 is 0 Å². The minimum atomic E-state index is 0.891. The molecule has 4 heterocycles. The molecule has 0 bridgehead atoms. The van der Waals surface area contributed by atoms with Gasteiger partial charge in [-0.05, 0) is 22.9 Å². The van der Waals surface area contributed by atoms with E-state index in [0.29, 0.717) is 0 Å². The number of hydrogen-bond donors (Lipinski definition) is 1. The van der Waals surface area contributed by atoms with E-state index in [4.69, 9.17) is 0 Å². The molecule has 4 aromatic rings. The van der Waals surface area contributed by atoms with Crippen molar-refractivity contribution in [3.8, 4) is 10.6 Å². The summed E-state index contributed by atoms with van der Waals surface area (Å²) >= 11 is 5.20. The van der Waals surface area contributed by atoms with Crippen LogP contribution in [-0.2, 0) is 0 Å². The van der Waals surface area contributed by atoms with Crippen molar-refractivity contribution >= 4 is 45.5 Å². The van der Waals surface area contributed by atoms with Crippen molar-refractivity contribution in [3.63, 3.8) is 0 Å². The summed E-state index contributed by atoms with van der Waals surface area (Å²) in [5, 5.41) is 5.27. The van der Waals surface area contributed by atoms with Crippen molar-refractivity contribution in [1.29, 1.82) is 0 Å². The van der Waals surface area contributed by atoms with Crippen LogP contribution in [0.5, 0.6) is 0 Å². The van der Waals surface area contributed by atoms with Crippen LogP contribution in [0.2, 0.25) is 0 Å². The number of H-pyrrole nitrogens is 1. The molecule has 98 valence electrons. The third-order valence-electron chi connectivity index (χ3n) is 2.89. The van der Waals surface area contributed by atoms with Crippen LogP contribution in [0.25, 0.3) is 21.6 Å². The molecule has 0 radical (unpaired) electrons. The van der Waals surface area contributed by atoms with Gasteiger partial charge < -0.3 is 4.98 Å². The zero-order chi connectivity index (χ0) is 13.4. The summed E-state index contributed by atoms with van der Waals surface area (Å²) in [7, 11) is 0. The lowest BCUT2D eigenvalue weighted by Gasteiger charge is -2.01. The lowest BCUT2D eigenvalue weighted by atomic mass is 10.2. The summed E-state index contributed by atoms with van der Waals surface area (Å²) in [4.78, 5) is 14.4. The highest BCUT2D eigenvalue weighted by Crippen LogP contribution is 2.39. The molecular weight excluding hydrogens is 306 g/mol. The number of nitrogens with zero attached hydrogens (tertiary/aromatic N) is 2. The normalized spacial score (nSPS) is 11.2. The van der Waals surface area contributed by atoms with Gasteiger partial charge in [0.2, 0.25) is 0 Å². The molecule has 0 spiro atoms. The average Bonchev–Trinajstić information content (AvgIpc) is 3.20. The Morgan fingerprint density at radius 1 is 1.05 bits per heavy atom. The highest BCUT2D eigenvalue weighted by atomic mass is 32.2. The van der Waals surface area contributed by atoms with Gasteiger partial charge in [-0.15, -0.1) is 22.7 Å². The number of thiophene rings is 2. The maximum absolute atomic E-state index is 4.48. The molecule has 6 heteroatoms. The van der Waals surface area contributed by atoms with E-state index in [9.17, 15) is 0 Å². The highest BCUT2D eigenvalue weighted by molar-refractivity contribution is 8.01. The lowest BCUT2D eigenvalue weighted by molar-refractivity contribution is 1.21. The fraction of sp³-hybridized carbons (Fsp3) is 0. The van der Waals surface area contributed by atoms with Crippen LogP contribution in [0, 0.1) is 0 Å². The Bertz CT molecular complexity index is 832. The van der Waals surface area contributed by atoms with E-state index < -0.39 is 0 Å². The predicted octanol–water partition coefficient (Wildman–Crippen LogP) is 4.90. The molecule has 1 N–H and O–H groups in total. The van der Waals surface area contributed by atoms with Crippen LogP contribution >= 0.6 is 34.4 Å². The van der Waals surface area contributed by atoms with Gasteiger partial charge in [0.15, 0.2) is 0 Å². The van der Waals surface area contributed by atoms with Gasteiger partial charge in [-0.1, -0.05) is 23.9 Å². The number of hydrogen-bond acceptors (Lipinski definition) is 5. The number of aromatic nitrogens is 3. The molecule has 0 aliphatic carbocycles. The van der Waals surface area contributed by atoms with Gasteiger partial charge in [-0.25, -0.2) is 9.97 Å². The van der Waals surface area contributed by atoms with Crippen LogP contribution in [0.15, 0.2) is 56.7 Å². The smallest absolute Gasteiger partial charge is 0.142 e. The number of fused-ring (bicyclic) bond motifs is 1. The summed E-state index contributed by atoms with van der Waals surface area (Å²) in [6.07, 6.45) is 3.63. The van der Waals surface area contributed by atoms with Gasteiger partial charge in [0, 0.05) is 11.1 Å². The van der Waals surface area contributed by atoms with Gasteiger partial charge in [0.25, 0.3) is 0 Å². The summed E-state index contributed by atoms with van der Waals surface area (Å²) < 4.78 is 1.27. The molecule has 4 aromatic heterocycles. The van der Waals surface area contributed by atoms with E-state index in [1.807, 2.05) is 12.3 Å². The number of rotatable bonds is 3. The van der Waals surface area contributed by atoms with Crippen molar-refractivity contribution in [2.45, 2.75) is 9.10 Å². The molecule has 0 atom stereocenters. The van der Waals surface area contributed by atoms with E-state index in [2.05, 4.69) is 43.9 Å². The van der Waals surface area contributed by atoms with Gasteiger partial charge in [0.05, 0.1) is 20.2 Å². The summed E-state index contributed by atoms with van der Waals surface area (Å²) in [6.45, 7) is 0. The molecule has 0 aliphatic rings. The Hall–Kier alpha value is -1.63. The van der Waals surface area contributed by atoms with E-state index in [1.165, 1.54) is 14.0 Å². The van der Waals surface area contributed by atoms with Crippen LogP contribution in [-0.4, -0.2) is 15.0 Å². The Kier molecular flexibility index (Phi) is 3.06. The zero-order valence-electron chi connectivity index (χ0n) is 10.2. The molecule has 0 saturated carbocycles. The zero-order valence-corrected chi connectivity index (χ0v) is 12.7. The topological polar surface area (TPSA) is 41.6 Å². The van der Waals surface area contributed by atoms with Crippen LogP contribution in [0.4, 0.5) is 0 Å². The van der Waals surface area contributed by atoms with Crippen LogP contribution in [0.1, 0.15) is 0 Å². The van der Waals surface area contributed by atoms with E-state index >= 15 is 0 Å². The predicted molar refractivity (Wildman–Crippen MR) is 85.6 cm³/mol. The molecule has 20 heavy (non-hydrogen) atoms. The maximum atomic E-state index is 4.48. The Labute approximate surface area is 127 Å². The maximum Gasteiger partial charge on any atom is 0.142 e. The highest BCUT2D eigenvalue weighted by Gasteiger charge is 2.14. The monoisotopic (exact) mass is 315 g/mol. The largest absolute Gasteiger partial charge is 0.345 e. The molecule has 0 saturated heterocycles. The second-order valence-corrected chi connectivity index (χ2v) is 7.35. The van der Waals surface area contributed by atoms with Crippen molar-refractivity contribution in [2.75, 3.05) is 0 Å². The Morgan fingerprint density at radius 3 is 2.75 bits per heavy atom. The number of nitrogens with one attached hydrogen (secondary N) is 1. The summed E-state index contributed by atoms with van der Waals surface area (Å²) in [5.41, 5.74) is 1.90. The van der Waals surface area contributed by atoms with E-state index in [0.717, 1.165) is 16.7 Å². The van der Waals surface area contributed by atoms with Gasteiger partial charge in [-0.3, -0.25) is 0 Å². The SMILES string of the molecule is c1csc(Sc2c[nH]c3ncnc(-c4cccs4)c23)c1. The molecular formula is C14H9N3S3. The molecule has 0 aromatic carbocycles. The molecule has 0 aliphatic heterocycles. The first-order chi connectivity index (χ1) is 9.92. The van der Waals surface area contributed by atoms with Crippen molar-refractivity contribution < 1.29 is 0 Å². The van der Waals surface area contributed by atoms with Gasteiger partial charge in [-0.2, -0.15) is 0 Å². The Balaban J connectivity index is 1.90. The fourth-order valence-corrected chi connectivity index (χ4v) is 4.63. The lowest BCUT2D eigenvalue weighted by Crippen LogP contribution is -1.85. The summed E-state index contributed by atoms with van der Waals surface area (Å²) in [5.74, 6) is 0. The van der Waals surface area contributed by atoms with Crippen molar-refractivity contribution in [2.24, 2.45) is 0 Å². The van der Waals surface area contributed by atoms with E-state index in [1.54, 1.807) is 40.8 Å². The molecule has 0 unspecified atom stereocenters. The second kappa shape index (κ2) is 5.05. The summed E-state index contributed by atoms with van der Waals surface area (Å²) in [6, 6.07) is 8.34. The minimum absolute atomic E-state index is 0.891. The molecule has 0 fully saturated rings. The number of aromatic amines is 1. The average molecular weight is 315 g/mol. The molecule has 3 nitrogen and oxygen atoms in total. The third-order valence-corrected chi connectivity index (χ3v) is 5.85. The quantitative estimate of drug-likeness (QED) is 0.584. The first kappa shape index (κ1) is 12.1. The van der Waals surface area contributed by atoms with Gasteiger partial charge >= 0.3 is 0 Å². The van der Waals surface area contributed by atoms with Gasteiger partial charge in [0.1, 0.15) is 12.0 Å². The standard InChI is InChI=1S/C14H9N3S3/c1-3-9(18-5-1)13-12-10(20-11-4-2-6-19-11)7-15-14(12)17-8-16-13/h1-8H,(H,15,16,17). The first-order valence-corrected chi connectivity index (χ1v) is 8.57. The first-order valence-electron chi connectivity index (χ1n) is 5.99. The third kappa shape index (κ3) is 2.06. The molecule has 4 rings (SSSR count). The minimum Gasteiger partial charge on any atom is -0.345 e.